The predicted octanol–water partition coefficient (Wildman–Crippen LogP) is 3.52. The van der Waals surface area contributed by atoms with E-state index in [4.69, 9.17) is 0 Å². The molecule has 1 aromatic rings. The maximum Gasteiger partial charge on any atom is 0.458 e. The minimum absolute atomic E-state index is 0.0826. The van der Waals surface area contributed by atoms with Gasteiger partial charge in [0.1, 0.15) is 0 Å². The summed E-state index contributed by atoms with van der Waals surface area (Å²) in [6.07, 6.45) is -5.67. The second-order valence-electron chi connectivity index (χ2n) is 3.37. The maximum atomic E-state index is 12.9. The molecule has 1 rings (SSSR count). The summed E-state index contributed by atoms with van der Waals surface area (Å²) in [6.45, 7) is 1.63. The van der Waals surface area contributed by atoms with Crippen LogP contribution in [-0.4, -0.2) is 18.8 Å². The second-order valence-corrected chi connectivity index (χ2v) is 3.37. The number of rotatable bonds is 3. The molecule has 0 amide bonds. The lowest BCUT2D eigenvalue weighted by Crippen LogP contribution is -2.33. The van der Waals surface area contributed by atoms with E-state index in [0.29, 0.717) is 12.1 Å². The Morgan fingerprint density at radius 2 is 1.61 bits per heavy atom. The molecule has 0 fully saturated rings. The molecule has 2 nitrogen and oxygen atoms in total. The van der Waals surface area contributed by atoms with E-state index < -0.39 is 23.6 Å². The topological polar surface area (TPSA) is 26.3 Å². The van der Waals surface area contributed by atoms with Crippen molar-refractivity contribution in [1.29, 1.82) is 0 Å². The molecule has 0 N–H and O–H groups in total. The highest BCUT2D eigenvalue weighted by Gasteiger charge is 2.58. The average Bonchev–Trinajstić information content (AvgIpc) is 2.28. The number of halogens is 5. The first kappa shape index (κ1) is 14.4. The van der Waals surface area contributed by atoms with Crippen molar-refractivity contribution < 1.29 is 31.5 Å². The van der Waals surface area contributed by atoms with Crippen molar-refractivity contribution in [2.75, 3.05) is 6.61 Å². The molecule has 0 spiro atoms. The SMILES string of the molecule is CCOC(=O)c1ccc(C(F)(F)C(F)(F)F)cc1. The highest BCUT2D eigenvalue weighted by Crippen LogP contribution is 2.43. The summed E-state index contributed by atoms with van der Waals surface area (Å²) >= 11 is 0. The fraction of sp³-hybridized carbons (Fsp3) is 0.364. The van der Waals surface area contributed by atoms with E-state index in [1.54, 1.807) is 6.92 Å². The van der Waals surface area contributed by atoms with Crippen molar-refractivity contribution in [3.8, 4) is 0 Å². The molecule has 0 atom stereocenters. The van der Waals surface area contributed by atoms with Gasteiger partial charge in [0.15, 0.2) is 0 Å². The van der Waals surface area contributed by atoms with Crippen LogP contribution in [0.15, 0.2) is 24.3 Å². The molecular weight excluding hydrogens is 259 g/mol. The normalized spacial score (nSPS) is 12.3. The van der Waals surface area contributed by atoms with Gasteiger partial charge in [-0.15, -0.1) is 0 Å². The number of ether oxygens (including phenoxy) is 1. The third-order valence-electron chi connectivity index (χ3n) is 2.11. The number of esters is 1. The molecule has 7 heteroatoms. The number of carbonyl (C=O) groups is 1. The van der Waals surface area contributed by atoms with Gasteiger partial charge in [0, 0.05) is 5.56 Å². The predicted molar refractivity (Wildman–Crippen MR) is 52.3 cm³/mol. The number of alkyl halides is 5. The molecule has 1 aromatic carbocycles. The maximum absolute atomic E-state index is 12.9. The molecule has 0 saturated heterocycles. The lowest BCUT2D eigenvalue weighted by Gasteiger charge is -2.19. The zero-order valence-electron chi connectivity index (χ0n) is 9.22. The molecule has 18 heavy (non-hydrogen) atoms. The van der Waals surface area contributed by atoms with Gasteiger partial charge >= 0.3 is 18.1 Å². The van der Waals surface area contributed by atoms with Gasteiger partial charge < -0.3 is 4.74 Å². The number of hydrogen-bond acceptors (Lipinski definition) is 2. The Hall–Kier alpha value is -1.66. The summed E-state index contributed by atoms with van der Waals surface area (Å²) in [4.78, 5) is 11.2. The van der Waals surface area contributed by atoms with Gasteiger partial charge in [-0.2, -0.15) is 22.0 Å². The molecule has 0 aliphatic heterocycles. The van der Waals surface area contributed by atoms with E-state index in [9.17, 15) is 26.7 Å². The fourth-order valence-electron chi connectivity index (χ4n) is 1.19. The van der Waals surface area contributed by atoms with Gasteiger partial charge in [0.25, 0.3) is 0 Å². The van der Waals surface area contributed by atoms with E-state index in [1.807, 2.05) is 0 Å². The van der Waals surface area contributed by atoms with E-state index in [0.717, 1.165) is 12.1 Å². The zero-order chi connectivity index (χ0) is 14.0. The van der Waals surface area contributed by atoms with Gasteiger partial charge in [0.2, 0.25) is 0 Å². The molecular formula is C11H9F5O2. The smallest absolute Gasteiger partial charge is 0.458 e. The fourth-order valence-corrected chi connectivity index (χ4v) is 1.19. The molecule has 0 heterocycles. The largest absolute Gasteiger partial charge is 0.462 e. The number of carbonyl (C=O) groups excluding carboxylic acids is 1. The van der Waals surface area contributed by atoms with Crippen LogP contribution in [0.4, 0.5) is 22.0 Å². The number of benzene rings is 1. The van der Waals surface area contributed by atoms with Crippen LogP contribution in [0.3, 0.4) is 0 Å². The van der Waals surface area contributed by atoms with E-state index >= 15 is 0 Å². The molecule has 0 aliphatic rings. The summed E-state index contributed by atoms with van der Waals surface area (Å²) in [6, 6.07) is 2.85. The first-order valence-corrected chi connectivity index (χ1v) is 4.92. The van der Waals surface area contributed by atoms with Gasteiger partial charge in [-0.1, -0.05) is 12.1 Å². The summed E-state index contributed by atoms with van der Waals surface area (Å²) in [5.74, 6) is -5.72. The van der Waals surface area contributed by atoms with Crippen molar-refractivity contribution >= 4 is 5.97 Å². The van der Waals surface area contributed by atoms with Crippen LogP contribution in [0, 0.1) is 0 Å². The van der Waals surface area contributed by atoms with Crippen LogP contribution in [0.2, 0.25) is 0 Å². The van der Waals surface area contributed by atoms with Crippen LogP contribution in [-0.2, 0) is 10.7 Å². The standard InChI is InChI=1S/C11H9F5O2/c1-2-18-9(17)7-3-5-8(6-4-7)10(12,13)11(14,15)16/h3-6H,2H2,1H3. The van der Waals surface area contributed by atoms with E-state index in [-0.39, 0.29) is 12.2 Å². The number of hydrogen-bond donors (Lipinski definition) is 0. The van der Waals surface area contributed by atoms with Crippen LogP contribution in [0.5, 0.6) is 0 Å². The quantitative estimate of drug-likeness (QED) is 0.619. The van der Waals surface area contributed by atoms with Crippen molar-refractivity contribution in [1.82, 2.24) is 0 Å². The zero-order valence-corrected chi connectivity index (χ0v) is 9.22. The third kappa shape index (κ3) is 2.77. The molecule has 0 unspecified atom stereocenters. The lowest BCUT2D eigenvalue weighted by atomic mass is 10.1. The van der Waals surface area contributed by atoms with E-state index in [1.165, 1.54) is 0 Å². The lowest BCUT2D eigenvalue weighted by molar-refractivity contribution is -0.289. The van der Waals surface area contributed by atoms with Gasteiger partial charge in [-0.3, -0.25) is 0 Å². The third-order valence-corrected chi connectivity index (χ3v) is 2.11. The van der Waals surface area contributed by atoms with Gasteiger partial charge in [0.05, 0.1) is 12.2 Å². The van der Waals surface area contributed by atoms with Crippen LogP contribution in [0.25, 0.3) is 0 Å². The van der Waals surface area contributed by atoms with Gasteiger partial charge in [-0.05, 0) is 19.1 Å². The highest BCUT2D eigenvalue weighted by atomic mass is 19.4. The Kier molecular flexibility index (Phi) is 3.93. The first-order valence-electron chi connectivity index (χ1n) is 4.92. The van der Waals surface area contributed by atoms with Crippen molar-refractivity contribution in [3.63, 3.8) is 0 Å². The molecule has 0 aromatic heterocycles. The minimum Gasteiger partial charge on any atom is -0.462 e. The van der Waals surface area contributed by atoms with Crippen LogP contribution >= 0.6 is 0 Å². The second kappa shape index (κ2) is 4.91. The van der Waals surface area contributed by atoms with Crippen molar-refractivity contribution in [3.05, 3.63) is 35.4 Å². The monoisotopic (exact) mass is 268 g/mol. The molecule has 0 bridgehead atoms. The molecule has 0 aliphatic carbocycles. The summed E-state index contributed by atoms with van der Waals surface area (Å²) in [5.41, 5.74) is -1.30. The summed E-state index contributed by atoms with van der Waals surface area (Å²) in [5, 5.41) is 0. The van der Waals surface area contributed by atoms with Crippen molar-refractivity contribution in [2.45, 2.75) is 19.0 Å². The molecule has 100 valence electrons. The Morgan fingerprint density at radius 1 is 1.11 bits per heavy atom. The van der Waals surface area contributed by atoms with Crippen LogP contribution < -0.4 is 0 Å². The minimum atomic E-state index is -5.67. The Morgan fingerprint density at radius 3 is 2.00 bits per heavy atom. The van der Waals surface area contributed by atoms with Crippen molar-refractivity contribution in [2.24, 2.45) is 0 Å². The van der Waals surface area contributed by atoms with Gasteiger partial charge in [-0.25, -0.2) is 4.79 Å². The Balaban J connectivity index is 3.00. The molecule has 0 radical (unpaired) electrons. The van der Waals surface area contributed by atoms with E-state index in [2.05, 4.69) is 4.74 Å². The van der Waals surface area contributed by atoms with Crippen LogP contribution in [0.1, 0.15) is 22.8 Å². The summed E-state index contributed by atoms with van der Waals surface area (Å²) in [7, 11) is 0. The Bertz CT molecular complexity index is 422. The summed E-state index contributed by atoms with van der Waals surface area (Å²) < 4.78 is 66.5. The Labute approximate surface area is 99.4 Å². The average molecular weight is 268 g/mol. The highest BCUT2D eigenvalue weighted by molar-refractivity contribution is 5.89. The molecule has 0 saturated carbocycles. The first-order chi connectivity index (χ1) is 8.20.